The number of amides is 1. The zero-order valence-electron chi connectivity index (χ0n) is 12.9. The highest BCUT2D eigenvalue weighted by Crippen LogP contribution is 2.51. The molecule has 9 heteroatoms. The highest BCUT2D eigenvalue weighted by molar-refractivity contribution is 9.15. The third-order valence-corrected chi connectivity index (χ3v) is 11.4. The molecule has 0 N–H and O–H groups in total. The molecule has 0 bridgehead atoms. The third-order valence-electron chi connectivity index (χ3n) is 4.59. The predicted molar refractivity (Wildman–Crippen MR) is 130 cm³/mol. The molecule has 0 fully saturated rings. The molecule has 0 saturated carbocycles. The van der Waals surface area contributed by atoms with E-state index in [2.05, 4.69) is 95.6 Å². The Kier molecular flexibility index (Phi) is 4.54. The van der Waals surface area contributed by atoms with Crippen LogP contribution < -0.4 is 4.90 Å². The lowest BCUT2D eigenvalue weighted by atomic mass is 10.0. The molecule has 0 atom stereocenters. The minimum atomic E-state index is -0.110. The number of hydrogen-bond acceptors (Lipinski definition) is 2. The van der Waals surface area contributed by atoms with Crippen LogP contribution in [0.1, 0.15) is 15.9 Å². The van der Waals surface area contributed by atoms with E-state index >= 15 is 0 Å². The van der Waals surface area contributed by atoms with Crippen molar-refractivity contribution in [3.8, 4) is 0 Å². The van der Waals surface area contributed by atoms with Gasteiger partial charge in [0.05, 0.1) is 16.9 Å². The number of aliphatic imine (C=N–C) groups is 1. The summed E-state index contributed by atoms with van der Waals surface area (Å²) in [5.41, 5.74) is 3.00. The lowest BCUT2D eigenvalue weighted by Gasteiger charge is -2.25. The lowest BCUT2D eigenvalue weighted by Crippen LogP contribution is -2.31. The Balaban J connectivity index is 1.94. The van der Waals surface area contributed by atoms with Crippen molar-refractivity contribution >= 4 is 129 Å². The molecule has 1 amide bonds. The average molecular weight is 744 g/mol. The number of anilines is 1. The van der Waals surface area contributed by atoms with E-state index in [0.29, 0.717) is 15.9 Å². The van der Waals surface area contributed by atoms with Crippen LogP contribution in [0.3, 0.4) is 0 Å². The second-order valence-electron chi connectivity index (χ2n) is 5.97. The van der Waals surface area contributed by atoms with Crippen LogP contribution in [0.15, 0.2) is 56.1 Å². The third kappa shape index (κ3) is 2.45. The van der Waals surface area contributed by atoms with Crippen molar-refractivity contribution in [1.82, 2.24) is 0 Å². The number of benzene rings is 3. The molecule has 0 aliphatic carbocycles. The first-order valence-corrected chi connectivity index (χ1v) is 12.3. The minimum Gasteiger partial charge on any atom is -0.268 e. The predicted octanol–water partition coefficient (Wildman–Crippen LogP) is 8.47. The number of hydrogen-bond donors (Lipinski definition) is 0. The van der Waals surface area contributed by atoms with Gasteiger partial charge in [-0.25, -0.2) is 4.99 Å². The first-order chi connectivity index (χ1) is 12.8. The summed E-state index contributed by atoms with van der Waals surface area (Å²) in [4.78, 5) is 20.0. The molecule has 0 saturated heterocycles. The minimum absolute atomic E-state index is 0.110. The Morgan fingerprint density at radius 2 is 1.48 bits per heavy atom. The first-order valence-electron chi connectivity index (χ1n) is 7.53. The highest BCUT2D eigenvalue weighted by Gasteiger charge is 2.42. The Morgan fingerprint density at radius 3 is 2.19 bits per heavy atom. The smallest absolute Gasteiger partial charge is 0.266 e. The summed E-state index contributed by atoms with van der Waals surface area (Å²) in [7, 11) is 0. The van der Waals surface area contributed by atoms with Crippen LogP contribution in [0.5, 0.6) is 0 Å². The Hall–Kier alpha value is -0.0600. The van der Waals surface area contributed by atoms with Crippen molar-refractivity contribution in [2.24, 2.45) is 4.99 Å². The second-order valence-corrected chi connectivity index (χ2v) is 10.8. The van der Waals surface area contributed by atoms with Gasteiger partial charge in [-0.1, -0.05) is 12.1 Å². The van der Waals surface area contributed by atoms with Gasteiger partial charge in [0.2, 0.25) is 0 Å². The van der Waals surface area contributed by atoms with Crippen molar-refractivity contribution in [3.05, 3.63) is 62.2 Å². The van der Waals surface area contributed by atoms with Gasteiger partial charge in [0.1, 0.15) is 5.84 Å². The van der Waals surface area contributed by atoms with E-state index in [1.54, 1.807) is 4.90 Å². The molecule has 0 spiro atoms. The van der Waals surface area contributed by atoms with Crippen LogP contribution in [-0.2, 0) is 0 Å². The van der Waals surface area contributed by atoms with E-state index in [4.69, 9.17) is 4.99 Å². The number of rotatable bonds is 0. The molecule has 3 aromatic rings. The molecule has 3 aromatic carbocycles. The van der Waals surface area contributed by atoms with Gasteiger partial charge < -0.3 is 0 Å². The van der Waals surface area contributed by atoms with Crippen molar-refractivity contribution in [2.75, 3.05) is 4.90 Å². The van der Waals surface area contributed by atoms with E-state index in [9.17, 15) is 4.79 Å². The number of carbonyl (C=O) groups is 1. The Bertz CT molecular complexity index is 1270. The van der Waals surface area contributed by atoms with Gasteiger partial charge in [-0.15, -0.1) is 0 Å². The molecule has 0 radical (unpaired) electrons. The maximum Gasteiger partial charge on any atom is 0.266 e. The monoisotopic (exact) mass is 738 g/mol. The van der Waals surface area contributed by atoms with E-state index in [1.165, 1.54) is 0 Å². The van der Waals surface area contributed by atoms with Crippen LogP contribution in [0.2, 0.25) is 0 Å². The number of amidine groups is 1. The van der Waals surface area contributed by atoms with E-state index in [1.807, 2.05) is 24.3 Å². The van der Waals surface area contributed by atoms with Gasteiger partial charge in [-0.3, -0.25) is 9.69 Å². The molecule has 2 heterocycles. The van der Waals surface area contributed by atoms with Gasteiger partial charge in [-0.05, 0) is 108 Å². The van der Waals surface area contributed by atoms with E-state index < -0.39 is 0 Å². The molecule has 0 aromatic heterocycles. The average Bonchev–Trinajstić information content (AvgIpc) is 2.95. The topological polar surface area (TPSA) is 32.7 Å². The largest absolute Gasteiger partial charge is 0.268 e. The molecule has 3 nitrogen and oxygen atoms in total. The normalized spacial score (nSPS) is 14.5. The van der Waals surface area contributed by atoms with E-state index in [0.717, 1.165) is 50.1 Å². The fraction of sp³-hybridized carbons (Fsp3) is 0. The summed E-state index contributed by atoms with van der Waals surface area (Å²) >= 11 is 21.6. The highest BCUT2D eigenvalue weighted by atomic mass is 79.9. The SMILES string of the molecule is O=C1c2c(Br)c(Br)c(Br)c(Br)c2C2=Nc3cc(Br)c(Br)c4cccc(c34)N12. The van der Waals surface area contributed by atoms with Gasteiger partial charge >= 0.3 is 0 Å². The van der Waals surface area contributed by atoms with E-state index in [-0.39, 0.29) is 5.91 Å². The summed E-state index contributed by atoms with van der Waals surface area (Å²) in [6.45, 7) is 0. The number of halogens is 6. The quantitative estimate of drug-likeness (QED) is 0.168. The lowest BCUT2D eigenvalue weighted by molar-refractivity contribution is 0.101. The molecule has 2 aliphatic rings. The molecule has 134 valence electrons. The summed E-state index contributed by atoms with van der Waals surface area (Å²) < 4.78 is 4.96. The second kappa shape index (κ2) is 6.47. The van der Waals surface area contributed by atoms with Gasteiger partial charge in [-0.2, -0.15) is 0 Å². The zero-order valence-corrected chi connectivity index (χ0v) is 22.4. The summed E-state index contributed by atoms with van der Waals surface area (Å²) in [5.74, 6) is 0.506. The summed E-state index contributed by atoms with van der Waals surface area (Å²) in [6.07, 6.45) is 0. The van der Waals surface area contributed by atoms with Crippen LogP contribution in [0, 0.1) is 0 Å². The molecular weight excluding hydrogens is 740 g/mol. The van der Waals surface area contributed by atoms with Gasteiger partial charge in [0, 0.05) is 43.2 Å². The number of carbonyl (C=O) groups excluding carboxylic acids is 1. The molecule has 0 unspecified atom stereocenters. The molecule has 27 heavy (non-hydrogen) atoms. The maximum absolute atomic E-state index is 13.4. The first kappa shape index (κ1) is 18.9. The molecule has 5 rings (SSSR count). The van der Waals surface area contributed by atoms with Gasteiger partial charge in [0.15, 0.2) is 0 Å². The standard InChI is InChI=1S/C18H4Br6N2O/c19-6-4-7-9-5(12(6)20)2-1-3-8(9)26-17(25-7)10-11(18(26)27)14(22)16(24)15(23)13(10)21/h1-4H. The van der Waals surface area contributed by atoms with Crippen LogP contribution in [-0.4, -0.2) is 11.7 Å². The maximum atomic E-state index is 13.4. The fourth-order valence-electron chi connectivity index (χ4n) is 3.46. The number of fused-ring (bicyclic) bond motifs is 4. The summed E-state index contributed by atoms with van der Waals surface area (Å²) in [6, 6.07) is 7.90. The van der Waals surface area contributed by atoms with Crippen molar-refractivity contribution in [2.45, 2.75) is 0 Å². The molecule has 2 aliphatic heterocycles. The van der Waals surface area contributed by atoms with Crippen molar-refractivity contribution in [3.63, 3.8) is 0 Å². The number of nitrogens with zero attached hydrogens (tertiary/aromatic N) is 2. The zero-order chi connectivity index (χ0) is 19.2. The van der Waals surface area contributed by atoms with Crippen molar-refractivity contribution < 1.29 is 4.79 Å². The fourth-order valence-corrected chi connectivity index (χ4v) is 6.80. The van der Waals surface area contributed by atoms with Crippen LogP contribution in [0.4, 0.5) is 11.4 Å². The Labute approximate surface area is 204 Å². The van der Waals surface area contributed by atoms with Gasteiger partial charge in [0.25, 0.3) is 5.91 Å². The van der Waals surface area contributed by atoms with Crippen LogP contribution >= 0.6 is 95.6 Å². The van der Waals surface area contributed by atoms with Crippen LogP contribution in [0.25, 0.3) is 10.8 Å². The molecular formula is C18H4Br6N2O. The summed E-state index contributed by atoms with van der Waals surface area (Å²) in [5, 5.41) is 1.95. The van der Waals surface area contributed by atoms with Crippen molar-refractivity contribution in [1.29, 1.82) is 0 Å². The Morgan fingerprint density at radius 1 is 0.815 bits per heavy atom.